The first-order valence-corrected chi connectivity index (χ1v) is 12.2. The fourth-order valence-corrected chi connectivity index (χ4v) is 3.80. The lowest BCUT2D eigenvalue weighted by molar-refractivity contribution is -0.137. The largest absolute Gasteiger partial charge is 0.481 e. The van der Waals surface area contributed by atoms with Gasteiger partial charge in [-0.15, -0.1) is 0 Å². The number of hydrogen-bond acceptors (Lipinski definition) is 5. The first kappa shape index (κ1) is 28.5. The van der Waals surface area contributed by atoms with Crippen LogP contribution < -0.4 is 21.3 Å². The number of benzene rings is 1. The van der Waals surface area contributed by atoms with Crippen LogP contribution in [-0.2, 0) is 30.4 Å². The highest BCUT2D eigenvalue weighted by atomic mass is 16.4. The molecule has 5 N–H and O–H groups in total. The minimum absolute atomic E-state index is 0.0252. The molecule has 4 atom stereocenters. The maximum Gasteiger partial charge on any atom is 0.303 e. The molecule has 1 unspecified atom stereocenters. The SMILES string of the molecule is CC(C)C1NC(=O)C[C@@H](C/C=C\CCC(=O)O)NC(=O)[C@@H](Cc2ccccc2)NC(=O)[C@@H](C)NC1=O. The quantitative estimate of drug-likeness (QED) is 0.336. The Hall–Kier alpha value is -3.69. The molecule has 2 rings (SSSR count). The van der Waals surface area contributed by atoms with Gasteiger partial charge in [-0.3, -0.25) is 24.0 Å². The van der Waals surface area contributed by atoms with Crippen LogP contribution in [0.25, 0.3) is 0 Å². The van der Waals surface area contributed by atoms with Gasteiger partial charge in [-0.05, 0) is 31.2 Å². The summed E-state index contributed by atoms with van der Waals surface area (Å²) >= 11 is 0. The average Bonchev–Trinajstić information content (AvgIpc) is 2.81. The molecule has 10 nitrogen and oxygen atoms in total. The van der Waals surface area contributed by atoms with E-state index in [9.17, 15) is 24.0 Å². The van der Waals surface area contributed by atoms with E-state index in [0.29, 0.717) is 6.42 Å². The number of hydrogen-bond donors (Lipinski definition) is 5. The Morgan fingerprint density at radius 1 is 0.972 bits per heavy atom. The Morgan fingerprint density at radius 3 is 2.31 bits per heavy atom. The molecule has 0 bridgehead atoms. The Morgan fingerprint density at radius 2 is 1.67 bits per heavy atom. The zero-order chi connectivity index (χ0) is 26.7. The van der Waals surface area contributed by atoms with Gasteiger partial charge >= 0.3 is 5.97 Å². The predicted octanol–water partition coefficient (Wildman–Crippen LogP) is 1.06. The molecule has 1 aromatic carbocycles. The van der Waals surface area contributed by atoms with Crippen molar-refractivity contribution in [2.45, 2.75) is 77.0 Å². The van der Waals surface area contributed by atoms with Crippen LogP contribution in [0, 0.1) is 5.92 Å². The van der Waals surface area contributed by atoms with Gasteiger partial charge in [0.2, 0.25) is 23.6 Å². The summed E-state index contributed by atoms with van der Waals surface area (Å²) in [7, 11) is 0. The molecule has 1 saturated heterocycles. The zero-order valence-corrected chi connectivity index (χ0v) is 21.0. The number of rotatable bonds is 8. The Labute approximate surface area is 211 Å². The van der Waals surface area contributed by atoms with Crippen LogP contribution >= 0.6 is 0 Å². The van der Waals surface area contributed by atoms with E-state index < -0.39 is 53.8 Å². The van der Waals surface area contributed by atoms with E-state index in [0.717, 1.165) is 5.56 Å². The molecule has 0 aliphatic carbocycles. The van der Waals surface area contributed by atoms with E-state index in [1.54, 1.807) is 26.0 Å². The van der Waals surface area contributed by atoms with Crippen molar-refractivity contribution in [2.24, 2.45) is 5.92 Å². The maximum atomic E-state index is 13.3. The van der Waals surface area contributed by atoms with Crippen LogP contribution in [0.3, 0.4) is 0 Å². The maximum absolute atomic E-state index is 13.3. The first-order valence-electron chi connectivity index (χ1n) is 12.2. The second-order valence-electron chi connectivity index (χ2n) is 9.32. The van der Waals surface area contributed by atoms with Crippen molar-refractivity contribution in [2.75, 3.05) is 0 Å². The second-order valence-corrected chi connectivity index (χ2v) is 9.32. The fraction of sp³-hybridized carbons (Fsp3) is 0.500. The number of carboxylic acids is 1. The van der Waals surface area contributed by atoms with Gasteiger partial charge in [0.05, 0.1) is 0 Å². The smallest absolute Gasteiger partial charge is 0.303 e. The van der Waals surface area contributed by atoms with Crippen molar-refractivity contribution in [3.8, 4) is 0 Å². The standard InChI is InChI=1S/C26H36N4O6/c1-16(2)23-26(36)27-17(3)24(34)29-20(14-18-10-6-4-7-11-18)25(35)28-19(15-21(31)30-23)12-8-5-9-13-22(32)33/h4-8,10-11,16-17,19-20,23H,9,12-15H2,1-3H3,(H,27,36)(H,28,35)(H,29,34)(H,30,31)(H,32,33)/b8-5-/t17-,19-,20-,23?/m1/s1. The van der Waals surface area contributed by atoms with Gasteiger partial charge < -0.3 is 26.4 Å². The van der Waals surface area contributed by atoms with Gasteiger partial charge in [-0.1, -0.05) is 56.3 Å². The van der Waals surface area contributed by atoms with E-state index in [4.69, 9.17) is 5.11 Å². The number of nitrogens with one attached hydrogen (secondary N) is 4. The highest BCUT2D eigenvalue weighted by Crippen LogP contribution is 2.10. The topological polar surface area (TPSA) is 154 Å². The molecule has 196 valence electrons. The summed E-state index contributed by atoms with van der Waals surface area (Å²) in [6.07, 6.45) is 4.12. The molecule has 36 heavy (non-hydrogen) atoms. The lowest BCUT2D eigenvalue weighted by atomic mass is 10.0. The summed E-state index contributed by atoms with van der Waals surface area (Å²) < 4.78 is 0. The third kappa shape index (κ3) is 9.52. The number of carbonyl (C=O) groups excluding carboxylic acids is 4. The number of aliphatic carboxylic acids is 1. The molecule has 4 amide bonds. The summed E-state index contributed by atoms with van der Waals surface area (Å²) in [5.74, 6) is -3.02. The number of carbonyl (C=O) groups is 5. The zero-order valence-electron chi connectivity index (χ0n) is 21.0. The van der Waals surface area contributed by atoms with E-state index in [-0.39, 0.29) is 31.6 Å². The van der Waals surface area contributed by atoms with Crippen LogP contribution in [0.5, 0.6) is 0 Å². The molecular formula is C26H36N4O6. The van der Waals surface area contributed by atoms with Crippen molar-refractivity contribution in [1.29, 1.82) is 0 Å². The van der Waals surface area contributed by atoms with Gasteiger partial charge in [0.15, 0.2) is 0 Å². The summed E-state index contributed by atoms with van der Waals surface area (Å²) in [4.78, 5) is 62.5. The third-order valence-corrected chi connectivity index (χ3v) is 5.82. The lowest BCUT2D eigenvalue weighted by Gasteiger charge is -2.24. The van der Waals surface area contributed by atoms with Gasteiger partial charge in [0.25, 0.3) is 0 Å². The molecule has 0 aromatic heterocycles. The summed E-state index contributed by atoms with van der Waals surface area (Å²) in [5, 5.41) is 19.7. The minimum Gasteiger partial charge on any atom is -0.481 e. The van der Waals surface area contributed by atoms with Gasteiger partial charge in [-0.25, -0.2) is 0 Å². The van der Waals surface area contributed by atoms with Crippen LogP contribution in [0.15, 0.2) is 42.5 Å². The third-order valence-electron chi connectivity index (χ3n) is 5.82. The normalized spacial score (nSPS) is 24.1. The van der Waals surface area contributed by atoms with Crippen molar-refractivity contribution in [3.05, 3.63) is 48.0 Å². The van der Waals surface area contributed by atoms with E-state index in [1.165, 1.54) is 6.92 Å². The van der Waals surface area contributed by atoms with Crippen LogP contribution in [0.4, 0.5) is 0 Å². The second kappa shape index (κ2) is 14.0. The van der Waals surface area contributed by atoms with Gasteiger partial charge in [-0.2, -0.15) is 0 Å². The van der Waals surface area contributed by atoms with Crippen molar-refractivity contribution in [3.63, 3.8) is 0 Å². The molecule has 1 aromatic rings. The van der Waals surface area contributed by atoms with E-state index >= 15 is 0 Å². The fourth-order valence-electron chi connectivity index (χ4n) is 3.80. The average molecular weight is 501 g/mol. The van der Waals surface area contributed by atoms with Crippen LogP contribution in [0.1, 0.15) is 52.0 Å². The number of allylic oxidation sites excluding steroid dienone is 1. The first-order chi connectivity index (χ1) is 17.1. The molecule has 1 heterocycles. The lowest BCUT2D eigenvalue weighted by Crippen LogP contribution is -2.56. The van der Waals surface area contributed by atoms with Crippen molar-refractivity contribution >= 4 is 29.6 Å². The minimum atomic E-state index is -0.928. The molecule has 1 aliphatic rings. The Balaban J connectivity index is 2.31. The Kier molecular flexibility index (Phi) is 11.1. The molecule has 1 fully saturated rings. The molecule has 10 heteroatoms. The molecule has 0 spiro atoms. The predicted molar refractivity (Wildman–Crippen MR) is 134 cm³/mol. The summed E-state index contributed by atoms with van der Waals surface area (Å²) in [6, 6.07) is 5.87. The molecular weight excluding hydrogens is 464 g/mol. The summed E-state index contributed by atoms with van der Waals surface area (Å²) in [5.41, 5.74) is 0.835. The summed E-state index contributed by atoms with van der Waals surface area (Å²) in [6.45, 7) is 5.09. The van der Waals surface area contributed by atoms with Crippen molar-refractivity contribution in [1.82, 2.24) is 21.3 Å². The van der Waals surface area contributed by atoms with Crippen LogP contribution in [0.2, 0.25) is 0 Å². The monoisotopic (exact) mass is 500 g/mol. The van der Waals surface area contributed by atoms with E-state index in [1.807, 2.05) is 30.3 Å². The molecule has 1 aliphatic heterocycles. The van der Waals surface area contributed by atoms with Crippen LogP contribution in [-0.4, -0.2) is 58.9 Å². The van der Waals surface area contributed by atoms with E-state index in [2.05, 4.69) is 21.3 Å². The van der Waals surface area contributed by atoms with Gasteiger partial charge in [0, 0.05) is 25.3 Å². The molecule has 0 radical (unpaired) electrons. The highest BCUT2D eigenvalue weighted by Gasteiger charge is 2.31. The Bertz CT molecular complexity index is 962. The number of carboxylic acid groups (broad SMARTS) is 1. The molecule has 0 saturated carbocycles. The highest BCUT2D eigenvalue weighted by molar-refractivity contribution is 5.95. The van der Waals surface area contributed by atoms with Gasteiger partial charge in [0.1, 0.15) is 18.1 Å². The van der Waals surface area contributed by atoms with Crippen molar-refractivity contribution < 1.29 is 29.1 Å². The number of amides is 4.